The van der Waals surface area contributed by atoms with Crippen LogP contribution in [0.1, 0.15) is 25.7 Å². The number of fused-ring (bicyclic) bond motifs is 1. The third kappa shape index (κ3) is 2.31. The molecule has 0 aromatic carbocycles. The Kier molecular flexibility index (Phi) is 3.38. The van der Waals surface area contributed by atoms with Crippen LogP contribution in [0.3, 0.4) is 0 Å². The SMILES string of the molecule is O=S(=O)(CC1CCCN1)N1CC2CCC(O)C2C1. The molecule has 18 heavy (non-hydrogen) atoms. The number of nitrogens with zero attached hydrogens (tertiary/aromatic N) is 1. The quantitative estimate of drug-likeness (QED) is 0.746. The van der Waals surface area contributed by atoms with Gasteiger partial charge >= 0.3 is 0 Å². The number of aliphatic hydroxyl groups excluding tert-OH is 1. The van der Waals surface area contributed by atoms with Crippen LogP contribution >= 0.6 is 0 Å². The Hall–Kier alpha value is -0.170. The summed E-state index contributed by atoms with van der Waals surface area (Å²) in [5.41, 5.74) is 0. The van der Waals surface area contributed by atoms with Gasteiger partial charge in [0.05, 0.1) is 11.9 Å². The van der Waals surface area contributed by atoms with Crippen LogP contribution in [-0.4, -0.2) is 55.4 Å². The fraction of sp³-hybridized carbons (Fsp3) is 1.00. The van der Waals surface area contributed by atoms with Gasteiger partial charge < -0.3 is 10.4 Å². The maximum Gasteiger partial charge on any atom is 0.215 e. The van der Waals surface area contributed by atoms with Gasteiger partial charge in [0.25, 0.3) is 0 Å². The van der Waals surface area contributed by atoms with Crippen molar-refractivity contribution in [3.63, 3.8) is 0 Å². The summed E-state index contributed by atoms with van der Waals surface area (Å²) < 4.78 is 26.3. The number of nitrogens with one attached hydrogen (secondary N) is 1. The largest absolute Gasteiger partial charge is 0.393 e. The highest BCUT2D eigenvalue weighted by Crippen LogP contribution is 2.39. The van der Waals surface area contributed by atoms with Crippen molar-refractivity contribution in [3.8, 4) is 0 Å². The minimum absolute atomic E-state index is 0.125. The summed E-state index contributed by atoms with van der Waals surface area (Å²) in [6, 6.07) is 0.125. The summed E-state index contributed by atoms with van der Waals surface area (Å²) in [5, 5.41) is 13.1. The Morgan fingerprint density at radius 2 is 2.06 bits per heavy atom. The Balaban J connectivity index is 1.64. The van der Waals surface area contributed by atoms with Gasteiger partial charge in [-0.05, 0) is 38.1 Å². The van der Waals surface area contributed by atoms with Gasteiger partial charge in [-0.25, -0.2) is 12.7 Å². The highest BCUT2D eigenvalue weighted by Gasteiger charge is 2.45. The molecule has 4 atom stereocenters. The van der Waals surface area contributed by atoms with Crippen molar-refractivity contribution in [1.29, 1.82) is 0 Å². The molecule has 2 heterocycles. The van der Waals surface area contributed by atoms with E-state index in [9.17, 15) is 13.5 Å². The van der Waals surface area contributed by atoms with E-state index in [1.165, 1.54) is 0 Å². The monoisotopic (exact) mass is 274 g/mol. The maximum absolute atomic E-state index is 12.3. The average molecular weight is 274 g/mol. The molecule has 0 amide bonds. The minimum atomic E-state index is -3.15. The van der Waals surface area contributed by atoms with Crippen LogP contribution in [0.4, 0.5) is 0 Å². The van der Waals surface area contributed by atoms with E-state index >= 15 is 0 Å². The topological polar surface area (TPSA) is 69.6 Å². The zero-order chi connectivity index (χ0) is 12.8. The van der Waals surface area contributed by atoms with E-state index in [0.29, 0.717) is 19.0 Å². The van der Waals surface area contributed by atoms with Crippen molar-refractivity contribution in [2.75, 3.05) is 25.4 Å². The summed E-state index contributed by atoms with van der Waals surface area (Å²) in [6.07, 6.45) is 3.56. The van der Waals surface area contributed by atoms with Crippen LogP contribution in [0, 0.1) is 11.8 Å². The lowest BCUT2D eigenvalue weighted by molar-refractivity contribution is 0.129. The first-order valence-corrected chi connectivity index (χ1v) is 8.56. The zero-order valence-corrected chi connectivity index (χ0v) is 11.4. The fourth-order valence-electron chi connectivity index (χ4n) is 3.68. The molecule has 2 saturated heterocycles. The molecule has 3 fully saturated rings. The third-order valence-electron chi connectivity index (χ3n) is 4.75. The molecular formula is C12H22N2O3S. The van der Waals surface area contributed by atoms with Gasteiger partial charge in [0.2, 0.25) is 10.0 Å². The summed E-state index contributed by atoms with van der Waals surface area (Å²) in [6.45, 7) is 2.09. The van der Waals surface area contributed by atoms with Crippen LogP contribution in [0.5, 0.6) is 0 Å². The molecule has 0 aromatic rings. The second-order valence-electron chi connectivity index (χ2n) is 5.96. The molecule has 0 bridgehead atoms. The number of sulfonamides is 1. The second kappa shape index (κ2) is 4.74. The molecule has 6 heteroatoms. The number of aliphatic hydroxyl groups is 1. The van der Waals surface area contributed by atoms with Crippen LogP contribution in [0.2, 0.25) is 0 Å². The smallest absolute Gasteiger partial charge is 0.215 e. The lowest BCUT2D eigenvalue weighted by atomic mass is 10.00. The van der Waals surface area contributed by atoms with Crippen molar-refractivity contribution < 1.29 is 13.5 Å². The Bertz CT molecular complexity index is 406. The standard InChI is InChI=1S/C12H22N2O3S/c15-12-4-3-9-6-14(7-11(9)12)18(16,17)8-10-2-1-5-13-10/h9-13,15H,1-8H2. The predicted molar refractivity (Wildman–Crippen MR) is 68.6 cm³/mol. The van der Waals surface area contributed by atoms with Crippen LogP contribution < -0.4 is 5.32 Å². The molecule has 104 valence electrons. The summed E-state index contributed by atoms with van der Waals surface area (Å²) >= 11 is 0. The number of hydrogen-bond donors (Lipinski definition) is 2. The summed E-state index contributed by atoms with van der Waals surface area (Å²) in [5.74, 6) is 0.783. The molecule has 1 saturated carbocycles. The first-order valence-electron chi connectivity index (χ1n) is 6.95. The van der Waals surface area contributed by atoms with Gasteiger partial charge in [0.1, 0.15) is 0 Å². The van der Waals surface area contributed by atoms with Crippen molar-refractivity contribution in [1.82, 2.24) is 9.62 Å². The van der Waals surface area contributed by atoms with Crippen LogP contribution in [0.15, 0.2) is 0 Å². The molecular weight excluding hydrogens is 252 g/mol. The highest BCUT2D eigenvalue weighted by atomic mass is 32.2. The van der Waals surface area contributed by atoms with Crippen molar-refractivity contribution in [3.05, 3.63) is 0 Å². The van der Waals surface area contributed by atoms with Crippen molar-refractivity contribution in [2.45, 2.75) is 37.8 Å². The zero-order valence-electron chi connectivity index (χ0n) is 10.6. The Labute approximate surface area is 109 Å². The molecule has 0 aromatic heterocycles. The highest BCUT2D eigenvalue weighted by molar-refractivity contribution is 7.89. The molecule has 0 spiro atoms. The normalized spacial score (nSPS) is 41.4. The fourth-order valence-corrected chi connectivity index (χ4v) is 5.50. The predicted octanol–water partition coefficient (Wildman–Crippen LogP) is -0.229. The van der Waals surface area contributed by atoms with Crippen molar-refractivity contribution >= 4 is 10.0 Å². The lowest BCUT2D eigenvalue weighted by Gasteiger charge is -2.20. The summed E-state index contributed by atoms with van der Waals surface area (Å²) in [7, 11) is -3.15. The first kappa shape index (κ1) is 12.8. The van der Waals surface area contributed by atoms with E-state index in [1.54, 1.807) is 4.31 Å². The molecule has 1 aliphatic carbocycles. The number of hydrogen-bond acceptors (Lipinski definition) is 4. The molecule has 0 radical (unpaired) electrons. The van der Waals surface area contributed by atoms with E-state index < -0.39 is 10.0 Å². The van der Waals surface area contributed by atoms with E-state index in [-0.39, 0.29) is 23.8 Å². The summed E-state index contributed by atoms with van der Waals surface area (Å²) in [4.78, 5) is 0. The van der Waals surface area contributed by atoms with E-state index in [2.05, 4.69) is 5.32 Å². The van der Waals surface area contributed by atoms with Crippen molar-refractivity contribution in [2.24, 2.45) is 11.8 Å². The van der Waals surface area contributed by atoms with Crippen LogP contribution in [-0.2, 0) is 10.0 Å². The van der Waals surface area contributed by atoms with E-state index in [4.69, 9.17) is 0 Å². The molecule has 4 unspecified atom stereocenters. The van der Waals surface area contributed by atoms with Gasteiger partial charge in [-0.1, -0.05) is 0 Å². The maximum atomic E-state index is 12.3. The second-order valence-corrected chi connectivity index (χ2v) is 7.97. The number of rotatable bonds is 3. The van der Waals surface area contributed by atoms with Gasteiger partial charge in [-0.3, -0.25) is 0 Å². The van der Waals surface area contributed by atoms with E-state index in [0.717, 1.165) is 32.2 Å². The minimum Gasteiger partial charge on any atom is -0.393 e. The first-order chi connectivity index (χ1) is 8.56. The van der Waals surface area contributed by atoms with Gasteiger partial charge in [0, 0.05) is 25.0 Å². The molecule has 3 aliphatic rings. The van der Waals surface area contributed by atoms with Gasteiger partial charge in [-0.15, -0.1) is 0 Å². The Morgan fingerprint density at radius 1 is 1.22 bits per heavy atom. The third-order valence-corrected chi connectivity index (χ3v) is 6.66. The lowest BCUT2D eigenvalue weighted by Crippen LogP contribution is -2.39. The van der Waals surface area contributed by atoms with Gasteiger partial charge in [0.15, 0.2) is 0 Å². The van der Waals surface area contributed by atoms with Crippen LogP contribution in [0.25, 0.3) is 0 Å². The molecule has 2 N–H and O–H groups in total. The van der Waals surface area contributed by atoms with E-state index in [1.807, 2.05) is 0 Å². The average Bonchev–Trinajstić information content (AvgIpc) is 2.97. The molecule has 2 aliphatic heterocycles. The van der Waals surface area contributed by atoms with Gasteiger partial charge in [-0.2, -0.15) is 0 Å². The molecule has 5 nitrogen and oxygen atoms in total. The molecule has 3 rings (SSSR count). The Morgan fingerprint density at radius 3 is 2.72 bits per heavy atom.